The first-order chi connectivity index (χ1) is 7.79. The van der Waals surface area contributed by atoms with Crippen molar-refractivity contribution >= 4 is 5.97 Å². The Hall–Kier alpha value is -1.72. The Labute approximate surface area is 95.8 Å². The van der Waals surface area contributed by atoms with Gasteiger partial charge in [0.05, 0.1) is 12.2 Å². The number of rotatable bonds is 3. The van der Waals surface area contributed by atoms with E-state index in [-0.39, 0.29) is 18.6 Å². The summed E-state index contributed by atoms with van der Waals surface area (Å²) in [6.45, 7) is 1.19. The molecular formula is C11H11F3O3. The molecule has 0 atom stereocenters. The topological polar surface area (TPSA) is 46.5 Å². The summed E-state index contributed by atoms with van der Waals surface area (Å²) >= 11 is 0. The largest absolute Gasteiger partial charge is 0.508 e. The second-order valence-corrected chi connectivity index (χ2v) is 3.48. The first-order valence-electron chi connectivity index (χ1n) is 4.82. The third-order valence-corrected chi connectivity index (χ3v) is 2.00. The fraction of sp³-hybridized carbons (Fsp3) is 0.364. The molecule has 94 valence electrons. The van der Waals surface area contributed by atoms with Crippen LogP contribution in [-0.2, 0) is 22.1 Å². The zero-order valence-electron chi connectivity index (χ0n) is 9.04. The number of ether oxygens (including phenoxy) is 1. The van der Waals surface area contributed by atoms with Crippen molar-refractivity contribution in [2.45, 2.75) is 19.5 Å². The van der Waals surface area contributed by atoms with Gasteiger partial charge in [-0.3, -0.25) is 4.79 Å². The summed E-state index contributed by atoms with van der Waals surface area (Å²) in [5.41, 5.74) is -0.658. The summed E-state index contributed by atoms with van der Waals surface area (Å²) < 4.78 is 41.8. The molecule has 0 amide bonds. The van der Waals surface area contributed by atoms with Gasteiger partial charge in [-0.05, 0) is 23.8 Å². The van der Waals surface area contributed by atoms with E-state index in [2.05, 4.69) is 4.74 Å². The predicted octanol–water partition coefficient (Wildman–Crippen LogP) is 2.52. The monoisotopic (exact) mass is 248 g/mol. The molecule has 0 bridgehead atoms. The zero-order chi connectivity index (χ0) is 13.1. The standard InChI is InChI=1S/C11H11F3O3/c1-7(15)17-3-2-8-4-9(11(12,13)14)6-10(16)5-8/h4-6,16H,2-3H2,1H3. The van der Waals surface area contributed by atoms with Crippen molar-refractivity contribution in [3.63, 3.8) is 0 Å². The maximum absolute atomic E-state index is 12.4. The van der Waals surface area contributed by atoms with Gasteiger partial charge >= 0.3 is 12.1 Å². The number of hydrogen-bond acceptors (Lipinski definition) is 3. The van der Waals surface area contributed by atoms with Crippen LogP contribution < -0.4 is 0 Å². The van der Waals surface area contributed by atoms with E-state index in [1.165, 1.54) is 13.0 Å². The fourth-order valence-corrected chi connectivity index (χ4v) is 1.29. The first kappa shape index (κ1) is 13.3. The molecule has 0 unspecified atom stereocenters. The Kier molecular flexibility index (Phi) is 3.98. The van der Waals surface area contributed by atoms with Crippen molar-refractivity contribution in [3.05, 3.63) is 29.3 Å². The van der Waals surface area contributed by atoms with E-state index in [0.29, 0.717) is 6.07 Å². The van der Waals surface area contributed by atoms with Gasteiger partial charge in [0.2, 0.25) is 0 Å². The van der Waals surface area contributed by atoms with Crippen LogP contribution in [0.25, 0.3) is 0 Å². The molecule has 1 N–H and O–H groups in total. The molecule has 0 aromatic heterocycles. The van der Waals surface area contributed by atoms with Crippen LogP contribution in [0.4, 0.5) is 13.2 Å². The van der Waals surface area contributed by atoms with Crippen LogP contribution in [0.3, 0.4) is 0 Å². The third-order valence-electron chi connectivity index (χ3n) is 2.00. The fourth-order valence-electron chi connectivity index (χ4n) is 1.29. The van der Waals surface area contributed by atoms with E-state index >= 15 is 0 Å². The number of carbonyl (C=O) groups excluding carboxylic acids is 1. The molecule has 1 rings (SSSR count). The molecule has 0 fully saturated rings. The Morgan fingerprint density at radius 1 is 1.35 bits per heavy atom. The minimum absolute atomic E-state index is 0.0178. The third kappa shape index (κ3) is 4.34. The van der Waals surface area contributed by atoms with Crippen LogP contribution in [0.15, 0.2) is 18.2 Å². The van der Waals surface area contributed by atoms with Crippen LogP contribution in [0, 0.1) is 0 Å². The molecule has 0 aliphatic heterocycles. The highest BCUT2D eigenvalue weighted by atomic mass is 19.4. The molecule has 0 spiro atoms. The SMILES string of the molecule is CC(=O)OCCc1cc(O)cc(C(F)(F)F)c1. The molecule has 0 saturated carbocycles. The van der Waals surface area contributed by atoms with E-state index in [1.54, 1.807) is 0 Å². The minimum Gasteiger partial charge on any atom is -0.508 e. The smallest absolute Gasteiger partial charge is 0.416 e. The predicted molar refractivity (Wildman–Crippen MR) is 53.4 cm³/mol. The second-order valence-electron chi connectivity index (χ2n) is 3.48. The van der Waals surface area contributed by atoms with E-state index in [1.807, 2.05) is 0 Å². The van der Waals surface area contributed by atoms with Crippen molar-refractivity contribution in [3.8, 4) is 5.75 Å². The Morgan fingerprint density at radius 3 is 2.53 bits per heavy atom. The lowest BCUT2D eigenvalue weighted by Gasteiger charge is -2.10. The van der Waals surface area contributed by atoms with Gasteiger partial charge in [-0.25, -0.2) is 0 Å². The summed E-state index contributed by atoms with van der Waals surface area (Å²) in [7, 11) is 0. The van der Waals surface area contributed by atoms with Crippen LogP contribution >= 0.6 is 0 Å². The lowest BCUT2D eigenvalue weighted by Crippen LogP contribution is -2.07. The van der Waals surface area contributed by atoms with E-state index in [4.69, 9.17) is 5.11 Å². The molecule has 0 aliphatic carbocycles. The summed E-state index contributed by atoms with van der Waals surface area (Å²) in [6.07, 6.45) is -4.38. The minimum atomic E-state index is -4.51. The first-order valence-corrected chi connectivity index (χ1v) is 4.82. The van der Waals surface area contributed by atoms with E-state index in [9.17, 15) is 18.0 Å². The molecular weight excluding hydrogens is 237 g/mol. The van der Waals surface area contributed by atoms with Gasteiger partial charge in [-0.1, -0.05) is 0 Å². The Morgan fingerprint density at radius 2 is 2.00 bits per heavy atom. The van der Waals surface area contributed by atoms with Gasteiger partial charge in [0.15, 0.2) is 0 Å². The van der Waals surface area contributed by atoms with Crippen LogP contribution in [0.5, 0.6) is 5.75 Å². The number of carbonyl (C=O) groups is 1. The molecule has 1 aromatic rings. The second kappa shape index (κ2) is 5.07. The Bertz CT molecular complexity index is 413. The maximum atomic E-state index is 12.4. The molecule has 0 radical (unpaired) electrons. The van der Waals surface area contributed by atoms with Crippen molar-refractivity contribution in [2.75, 3.05) is 6.61 Å². The zero-order valence-corrected chi connectivity index (χ0v) is 9.04. The number of halogens is 3. The average molecular weight is 248 g/mol. The normalized spacial score (nSPS) is 11.3. The van der Waals surface area contributed by atoms with Crippen molar-refractivity contribution < 1.29 is 27.8 Å². The summed E-state index contributed by atoms with van der Waals surface area (Å²) in [6, 6.07) is 2.78. The summed E-state index contributed by atoms with van der Waals surface area (Å²) in [5.74, 6) is -0.959. The molecule has 0 saturated heterocycles. The number of alkyl halides is 3. The molecule has 0 aliphatic rings. The summed E-state index contributed by atoms with van der Waals surface area (Å²) in [5, 5.41) is 9.16. The van der Waals surface area contributed by atoms with E-state index in [0.717, 1.165) is 6.07 Å². The molecule has 17 heavy (non-hydrogen) atoms. The quantitative estimate of drug-likeness (QED) is 0.836. The number of phenols is 1. The molecule has 6 heteroatoms. The number of phenolic OH excluding ortho intramolecular Hbond substituents is 1. The number of hydrogen-bond donors (Lipinski definition) is 1. The van der Waals surface area contributed by atoms with Crippen molar-refractivity contribution in [2.24, 2.45) is 0 Å². The maximum Gasteiger partial charge on any atom is 0.416 e. The molecule has 3 nitrogen and oxygen atoms in total. The summed E-state index contributed by atoms with van der Waals surface area (Å²) in [4.78, 5) is 10.5. The van der Waals surface area contributed by atoms with Gasteiger partial charge in [0, 0.05) is 13.3 Å². The van der Waals surface area contributed by atoms with Crippen LogP contribution in [0.1, 0.15) is 18.1 Å². The van der Waals surface area contributed by atoms with E-state index < -0.39 is 23.5 Å². The lowest BCUT2D eigenvalue weighted by atomic mass is 10.1. The Balaban J connectivity index is 2.79. The van der Waals surface area contributed by atoms with Crippen molar-refractivity contribution in [1.82, 2.24) is 0 Å². The highest BCUT2D eigenvalue weighted by molar-refractivity contribution is 5.65. The van der Waals surface area contributed by atoms with Crippen LogP contribution in [0.2, 0.25) is 0 Å². The van der Waals surface area contributed by atoms with Crippen LogP contribution in [-0.4, -0.2) is 17.7 Å². The lowest BCUT2D eigenvalue weighted by molar-refractivity contribution is -0.141. The average Bonchev–Trinajstić information content (AvgIpc) is 2.14. The number of benzene rings is 1. The van der Waals surface area contributed by atoms with Gasteiger partial charge in [-0.15, -0.1) is 0 Å². The molecule has 0 heterocycles. The highest BCUT2D eigenvalue weighted by Gasteiger charge is 2.31. The highest BCUT2D eigenvalue weighted by Crippen LogP contribution is 2.32. The van der Waals surface area contributed by atoms with Crippen molar-refractivity contribution in [1.29, 1.82) is 0 Å². The molecule has 1 aromatic carbocycles. The van der Waals surface area contributed by atoms with Gasteiger partial charge in [-0.2, -0.15) is 13.2 Å². The van der Waals surface area contributed by atoms with Gasteiger partial charge in [0.1, 0.15) is 5.75 Å². The number of aromatic hydroxyl groups is 1. The van der Waals surface area contributed by atoms with Gasteiger partial charge < -0.3 is 9.84 Å². The van der Waals surface area contributed by atoms with Gasteiger partial charge in [0.25, 0.3) is 0 Å². The number of esters is 1.